The van der Waals surface area contributed by atoms with E-state index in [2.05, 4.69) is 39.8 Å². The minimum absolute atomic E-state index is 0.511. The van der Waals surface area contributed by atoms with Gasteiger partial charge in [0.15, 0.2) is 0 Å². The molecule has 0 atom stereocenters. The Kier molecular flexibility index (Phi) is 7.03. The van der Waals surface area contributed by atoms with Crippen molar-refractivity contribution < 1.29 is 0 Å². The molecule has 0 unspecified atom stereocenters. The monoisotopic (exact) mass is 182 g/mol. The van der Waals surface area contributed by atoms with Crippen LogP contribution < -0.4 is 0 Å². The molecule has 0 rings (SSSR count). The summed E-state index contributed by atoms with van der Waals surface area (Å²) in [7, 11) is 0. The van der Waals surface area contributed by atoms with Crippen molar-refractivity contribution in [1.29, 1.82) is 0 Å². The Labute approximate surface area is 84.4 Å². The maximum atomic E-state index is 2.35. The smallest absolute Gasteiger partial charge is 0.0351 e. The first kappa shape index (κ1) is 12.7. The minimum atomic E-state index is 0.511. The molecule has 0 nitrogen and oxygen atoms in total. The zero-order valence-corrected chi connectivity index (χ0v) is 9.90. The first-order chi connectivity index (χ1) is 6.06. The van der Waals surface area contributed by atoms with Gasteiger partial charge in [0.05, 0.1) is 0 Å². The normalized spacial score (nSPS) is 12.6. The summed E-state index contributed by atoms with van der Waals surface area (Å²) in [5, 5.41) is 0. The number of hydrogen-bond acceptors (Lipinski definition) is 0. The van der Waals surface area contributed by atoms with Crippen molar-refractivity contribution in [3.63, 3.8) is 0 Å². The Morgan fingerprint density at radius 3 is 1.92 bits per heavy atom. The van der Waals surface area contributed by atoms with E-state index in [1.165, 1.54) is 38.5 Å². The van der Waals surface area contributed by atoms with Gasteiger partial charge in [-0.1, -0.05) is 52.7 Å². The molecule has 78 valence electrons. The Bertz CT molecular complexity index is 125. The summed E-state index contributed by atoms with van der Waals surface area (Å²) in [5.74, 6) is 0. The number of unbranched alkanes of at least 4 members (excludes halogenated alkanes) is 3. The van der Waals surface area contributed by atoms with E-state index in [4.69, 9.17) is 0 Å². The summed E-state index contributed by atoms with van der Waals surface area (Å²) < 4.78 is 0. The summed E-state index contributed by atoms with van der Waals surface area (Å²) in [6, 6.07) is 0. The molecule has 0 aliphatic carbocycles. The van der Waals surface area contributed by atoms with Crippen molar-refractivity contribution in [3.05, 3.63) is 12.2 Å². The molecule has 0 spiro atoms. The summed E-state index contributed by atoms with van der Waals surface area (Å²) in [4.78, 5) is 0. The maximum Gasteiger partial charge on any atom is -0.0351 e. The molecule has 0 aliphatic heterocycles. The predicted molar refractivity (Wildman–Crippen MR) is 62.0 cm³/mol. The van der Waals surface area contributed by atoms with Crippen molar-refractivity contribution in [2.45, 2.75) is 66.2 Å². The lowest BCUT2D eigenvalue weighted by Gasteiger charge is -2.16. The van der Waals surface area contributed by atoms with E-state index >= 15 is 0 Å². The van der Waals surface area contributed by atoms with Gasteiger partial charge in [0.25, 0.3) is 0 Å². The highest BCUT2D eigenvalue weighted by molar-refractivity contribution is 4.81. The van der Waals surface area contributed by atoms with Crippen LogP contribution in [-0.2, 0) is 0 Å². The molecule has 0 aromatic heterocycles. The molecule has 13 heavy (non-hydrogen) atoms. The Morgan fingerprint density at radius 1 is 0.923 bits per heavy atom. The lowest BCUT2D eigenvalue weighted by molar-refractivity contribution is 0.367. The van der Waals surface area contributed by atoms with E-state index in [9.17, 15) is 0 Å². The Hall–Kier alpha value is -0.260. The van der Waals surface area contributed by atoms with Gasteiger partial charge < -0.3 is 0 Å². The standard InChI is InChI=1S/C13H26/c1-5-6-7-8-9-10-11-12-13(2,3)4/h8-9H,5-7,10-12H2,1-4H3. The maximum absolute atomic E-state index is 2.35. The molecular weight excluding hydrogens is 156 g/mol. The third-order valence-corrected chi connectivity index (χ3v) is 2.19. The highest BCUT2D eigenvalue weighted by Crippen LogP contribution is 2.21. The van der Waals surface area contributed by atoms with E-state index in [1.54, 1.807) is 0 Å². The van der Waals surface area contributed by atoms with Crippen LogP contribution in [-0.4, -0.2) is 0 Å². The third-order valence-electron chi connectivity index (χ3n) is 2.19. The van der Waals surface area contributed by atoms with E-state index in [1.807, 2.05) is 0 Å². The van der Waals surface area contributed by atoms with Gasteiger partial charge in [-0.15, -0.1) is 0 Å². The van der Waals surface area contributed by atoms with E-state index in [0.717, 1.165) is 0 Å². The summed E-state index contributed by atoms with van der Waals surface area (Å²) >= 11 is 0. The average molecular weight is 182 g/mol. The van der Waals surface area contributed by atoms with Crippen LogP contribution in [0.4, 0.5) is 0 Å². The van der Waals surface area contributed by atoms with Crippen molar-refractivity contribution in [2.75, 3.05) is 0 Å². The summed E-state index contributed by atoms with van der Waals surface area (Å²) in [6.07, 6.45) is 12.6. The highest BCUT2D eigenvalue weighted by Gasteiger charge is 2.07. The lowest BCUT2D eigenvalue weighted by Crippen LogP contribution is -2.03. The molecule has 0 N–H and O–H groups in total. The molecule has 0 heterocycles. The van der Waals surface area contributed by atoms with Crippen molar-refractivity contribution >= 4 is 0 Å². The van der Waals surface area contributed by atoms with Gasteiger partial charge in [0.1, 0.15) is 0 Å². The van der Waals surface area contributed by atoms with Crippen LogP contribution in [0.5, 0.6) is 0 Å². The second-order valence-electron chi connectivity index (χ2n) is 5.07. The van der Waals surface area contributed by atoms with E-state index in [0.29, 0.717) is 5.41 Å². The zero-order chi connectivity index (χ0) is 10.2. The van der Waals surface area contributed by atoms with Crippen molar-refractivity contribution in [3.8, 4) is 0 Å². The minimum Gasteiger partial charge on any atom is -0.0885 e. The van der Waals surface area contributed by atoms with Crippen LogP contribution in [0.25, 0.3) is 0 Å². The van der Waals surface area contributed by atoms with Crippen LogP contribution in [0.1, 0.15) is 66.2 Å². The van der Waals surface area contributed by atoms with Crippen LogP contribution in [0.2, 0.25) is 0 Å². The van der Waals surface area contributed by atoms with E-state index < -0.39 is 0 Å². The average Bonchev–Trinajstić information content (AvgIpc) is 2.01. The topological polar surface area (TPSA) is 0 Å². The third kappa shape index (κ3) is 11.7. The molecule has 0 saturated carbocycles. The molecule has 0 fully saturated rings. The molecule has 0 saturated heterocycles. The number of hydrogen-bond donors (Lipinski definition) is 0. The van der Waals surface area contributed by atoms with E-state index in [-0.39, 0.29) is 0 Å². The fourth-order valence-electron chi connectivity index (χ4n) is 1.31. The van der Waals surface area contributed by atoms with Crippen molar-refractivity contribution in [2.24, 2.45) is 5.41 Å². The SMILES string of the molecule is CCCCC=CCCCC(C)(C)C. The molecule has 0 amide bonds. The van der Waals surface area contributed by atoms with Gasteiger partial charge in [-0.25, -0.2) is 0 Å². The van der Waals surface area contributed by atoms with Gasteiger partial charge in [-0.2, -0.15) is 0 Å². The first-order valence-corrected chi connectivity index (χ1v) is 5.71. The van der Waals surface area contributed by atoms with Gasteiger partial charge >= 0.3 is 0 Å². The Balaban J connectivity index is 3.20. The first-order valence-electron chi connectivity index (χ1n) is 5.71. The molecule has 0 aromatic carbocycles. The quantitative estimate of drug-likeness (QED) is 0.403. The predicted octanol–water partition coefficient (Wildman–Crippen LogP) is 4.95. The van der Waals surface area contributed by atoms with Crippen molar-refractivity contribution in [1.82, 2.24) is 0 Å². The summed E-state index contributed by atoms with van der Waals surface area (Å²) in [6.45, 7) is 9.18. The molecule has 0 aliphatic rings. The van der Waals surface area contributed by atoms with Gasteiger partial charge in [-0.3, -0.25) is 0 Å². The molecular formula is C13H26. The van der Waals surface area contributed by atoms with Crippen LogP contribution in [0.3, 0.4) is 0 Å². The fourth-order valence-corrected chi connectivity index (χ4v) is 1.31. The number of allylic oxidation sites excluding steroid dienone is 2. The fraction of sp³-hybridized carbons (Fsp3) is 0.846. The number of rotatable bonds is 6. The van der Waals surface area contributed by atoms with Crippen LogP contribution in [0, 0.1) is 5.41 Å². The lowest BCUT2D eigenvalue weighted by atomic mass is 9.90. The highest BCUT2D eigenvalue weighted by atomic mass is 14.1. The largest absolute Gasteiger partial charge is 0.0885 e. The molecule has 0 aromatic rings. The van der Waals surface area contributed by atoms with Crippen LogP contribution in [0.15, 0.2) is 12.2 Å². The molecule has 0 bridgehead atoms. The molecule has 0 radical (unpaired) electrons. The van der Waals surface area contributed by atoms with Crippen LogP contribution >= 0.6 is 0 Å². The second-order valence-corrected chi connectivity index (χ2v) is 5.07. The van der Waals surface area contributed by atoms with Gasteiger partial charge in [0.2, 0.25) is 0 Å². The zero-order valence-electron chi connectivity index (χ0n) is 9.90. The summed E-state index contributed by atoms with van der Waals surface area (Å²) in [5.41, 5.74) is 0.511. The molecule has 0 heteroatoms. The Morgan fingerprint density at radius 2 is 1.46 bits per heavy atom. The second kappa shape index (κ2) is 7.17. The van der Waals surface area contributed by atoms with Gasteiger partial charge in [-0.05, 0) is 31.1 Å². The van der Waals surface area contributed by atoms with Gasteiger partial charge in [0, 0.05) is 0 Å².